The molecule has 0 heterocycles. The van der Waals surface area contributed by atoms with Crippen LogP contribution in [0.2, 0.25) is 0 Å². The fourth-order valence-electron chi connectivity index (χ4n) is 3.61. The molecular weight excluding hydrogens is 288 g/mol. The van der Waals surface area contributed by atoms with E-state index >= 15 is 0 Å². The largest absolute Gasteiger partial charge is 0.394 e. The van der Waals surface area contributed by atoms with Crippen LogP contribution in [0.5, 0.6) is 0 Å². The zero-order chi connectivity index (χ0) is 16.9. The number of nitrogens with one attached hydrogen (secondary N) is 1. The van der Waals surface area contributed by atoms with Crippen molar-refractivity contribution >= 4 is 5.91 Å². The molecule has 1 aliphatic carbocycles. The van der Waals surface area contributed by atoms with Gasteiger partial charge in [0.1, 0.15) is 6.04 Å². The summed E-state index contributed by atoms with van der Waals surface area (Å²) in [5, 5.41) is 13.1. The van der Waals surface area contributed by atoms with E-state index in [-0.39, 0.29) is 18.6 Å². The first-order chi connectivity index (χ1) is 11.0. The number of nitrogens with zero attached hydrogens (tertiary/aromatic N) is 1. The van der Waals surface area contributed by atoms with Crippen LogP contribution in [0.3, 0.4) is 0 Å². The summed E-state index contributed by atoms with van der Waals surface area (Å²) >= 11 is 0. The van der Waals surface area contributed by atoms with E-state index in [9.17, 15) is 9.90 Å². The second-order valence-corrected chi connectivity index (χ2v) is 7.06. The number of benzene rings is 1. The molecule has 0 saturated heterocycles. The number of carbonyl (C=O) groups is 1. The second-order valence-electron chi connectivity index (χ2n) is 7.06. The molecule has 0 radical (unpaired) electrons. The summed E-state index contributed by atoms with van der Waals surface area (Å²) in [6.07, 6.45) is 6.24. The Labute approximate surface area is 139 Å². The highest BCUT2D eigenvalue weighted by Gasteiger charge is 2.35. The van der Waals surface area contributed by atoms with E-state index in [1.54, 1.807) is 0 Å². The Morgan fingerprint density at radius 2 is 1.83 bits per heavy atom. The molecule has 0 spiro atoms. The van der Waals surface area contributed by atoms with Gasteiger partial charge in [-0.3, -0.25) is 9.69 Å². The van der Waals surface area contributed by atoms with E-state index in [0.29, 0.717) is 0 Å². The first-order valence-electron chi connectivity index (χ1n) is 8.64. The molecular formula is C19H30N2O2. The number of aryl methyl sites for hydroxylation is 1. The monoisotopic (exact) mass is 318 g/mol. The Kier molecular flexibility index (Phi) is 6.19. The Morgan fingerprint density at radius 1 is 1.22 bits per heavy atom. The maximum absolute atomic E-state index is 13.0. The topological polar surface area (TPSA) is 52.6 Å². The molecule has 4 nitrogen and oxygen atoms in total. The quantitative estimate of drug-likeness (QED) is 0.821. The highest BCUT2D eigenvalue weighted by molar-refractivity contribution is 5.84. The first-order valence-corrected chi connectivity index (χ1v) is 8.64. The molecule has 0 unspecified atom stereocenters. The van der Waals surface area contributed by atoms with E-state index in [4.69, 9.17) is 0 Å². The third-order valence-electron chi connectivity index (χ3n) is 5.00. The molecule has 2 N–H and O–H groups in total. The van der Waals surface area contributed by atoms with Gasteiger partial charge in [0.25, 0.3) is 0 Å². The van der Waals surface area contributed by atoms with Crippen molar-refractivity contribution in [1.82, 2.24) is 10.2 Å². The molecule has 4 heteroatoms. The Morgan fingerprint density at radius 3 is 2.35 bits per heavy atom. The number of amides is 1. The predicted molar refractivity (Wildman–Crippen MR) is 93.3 cm³/mol. The molecule has 1 atom stereocenters. The summed E-state index contributed by atoms with van der Waals surface area (Å²) in [6.45, 7) is 2.05. The second kappa shape index (κ2) is 7.93. The number of carbonyl (C=O) groups excluding carboxylic acids is 1. The van der Waals surface area contributed by atoms with Gasteiger partial charge in [-0.25, -0.2) is 0 Å². The van der Waals surface area contributed by atoms with Crippen molar-refractivity contribution in [2.45, 2.75) is 57.0 Å². The zero-order valence-electron chi connectivity index (χ0n) is 14.6. The van der Waals surface area contributed by atoms with Crippen molar-refractivity contribution in [2.75, 3.05) is 20.7 Å². The number of likely N-dealkylation sites (N-methyl/N-ethyl adjacent to an activating group) is 1. The molecule has 128 valence electrons. The first kappa shape index (κ1) is 18.0. The minimum atomic E-state index is -0.454. The van der Waals surface area contributed by atoms with Crippen LogP contribution in [0, 0.1) is 6.92 Å². The van der Waals surface area contributed by atoms with Crippen LogP contribution in [-0.4, -0.2) is 42.2 Å². The van der Waals surface area contributed by atoms with Crippen LogP contribution in [0.4, 0.5) is 0 Å². The lowest BCUT2D eigenvalue weighted by molar-refractivity contribution is -0.128. The molecule has 1 aromatic rings. The fourth-order valence-corrected chi connectivity index (χ4v) is 3.61. The SMILES string of the molecule is Cc1ccccc1[C@H](C(=O)NC1(CO)CCCCCC1)N(C)C. The lowest BCUT2D eigenvalue weighted by Crippen LogP contribution is -2.54. The summed E-state index contributed by atoms with van der Waals surface area (Å²) in [4.78, 5) is 15.0. The highest BCUT2D eigenvalue weighted by Crippen LogP contribution is 2.29. The molecule has 1 aliphatic rings. The van der Waals surface area contributed by atoms with Gasteiger partial charge in [0, 0.05) is 0 Å². The molecule has 1 saturated carbocycles. The highest BCUT2D eigenvalue weighted by atomic mass is 16.3. The summed E-state index contributed by atoms with van der Waals surface area (Å²) in [5.41, 5.74) is 1.68. The molecule has 2 rings (SSSR count). The fraction of sp³-hybridized carbons (Fsp3) is 0.632. The number of aliphatic hydroxyl groups is 1. The summed E-state index contributed by atoms with van der Waals surface area (Å²) in [5.74, 6) is -0.0137. The Bertz CT molecular complexity index is 520. The Hall–Kier alpha value is -1.39. The summed E-state index contributed by atoms with van der Waals surface area (Å²) in [7, 11) is 3.85. The van der Waals surface area contributed by atoms with E-state index in [1.807, 2.05) is 50.2 Å². The van der Waals surface area contributed by atoms with Crippen LogP contribution in [0.15, 0.2) is 24.3 Å². The van der Waals surface area contributed by atoms with Crippen LogP contribution in [-0.2, 0) is 4.79 Å². The van der Waals surface area contributed by atoms with Crippen molar-refractivity contribution < 1.29 is 9.90 Å². The van der Waals surface area contributed by atoms with Gasteiger partial charge in [-0.1, -0.05) is 49.9 Å². The van der Waals surface area contributed by atoms with Crippen LogP contribution in [0.25, 0.3) is 0 Å². The molecule has 23 heavy (non-hydrogen) atoms. The number of aliphatic hydroxyl groups excluding tert-OH is 1. The molecule has 1 fully saturated rings. The van der Waals surface area contributed by atoms with Gasteiger partial charge in [0.15, 0.2) is 0 Å². The molecule has 1 aromatic carbocycles. The van der Waals surface area contributed by atoms with Gasteiger partial charge in [-0.15, -0.1) is 0 Å². The number of hydrogen-bond acceptors (Lipinski definition) is 3. The maximum atomic E-state index is 13.0. The maximum Gasteiger partial charge on any atom is 0.242 e. The standard InChI is InChI=1S/C19H30N2O2/c1-15-10-6-7-11-16(15)17(21(2)3)18(23)20-19(14-22)12-8-4-5-9-13-19/h6-7,10-11,17,22H,4-5,8-9,12-14H2,1-3H3,(H,20,23)/t17-/m1/s1. The van der Waals surface area contributed by atoms with Crippen molar-refractivity contribution in [3.63, 3.8) is 0 Å². The van der Waals surface area contributed by atoms with E-state index in [2.05, 4.69) is 5.32 Å². The van der Waals surface area contributed by atoms with Crippen LogP contribution in [0.1, 0.15) is 55.7 Å². The lowest BCUT2D eigenvalue weighted by atomic mass is 9.89. The van der Waals surface area contributed by atoms with Gasteiger partial charge < -0.3 is 10.4 Å². The third-order valence-corrected chi connectivity index (χ3v) is 5.00. The minimum absolute atomic E-state index is 0.0137. The normalized spacial score (nSPS) is 19.2. The molecule has 0 aromatic heterocycles. The Balaban J connectivity index is 2.22. The van der Waals surface area contributed by atoms with Gasteiger partial charge in [0.2, 0.25) is 5.91 Å². The lowest BCUT2D eigenvalue weighted by Gasteiger charge is -2.35. The van der Waals surface area contributed by atoms with Crippen molar-refractivity contribution in [3.05, 3.63) is 35.4 Å². The van der Waals surface area contributed by atoms with Crippen molar-refractivity contribution in [1.29, 1.82) is 0 Å². The van der Waals surface area contributed by atoms with Crippen LogP contribution < -0.4 is 5.32 Å². The molecule has 0 aliphatic heterocycles. The predicted octanol–water partition coefficient (Wildman–Crippen LogP) is 2.80. The van der Waals surface area contributed by atoms with E-state index in [1.165, 1.54) is 12.8 Å². The summed E-state index contributed by atoms with van der Waals surface area (Å²) < 4.78 is 0. The smallest absolute Gasteiger partial charge is 0.242 e. The number of hydrogen-bond donors (Lipinski definition) is 2. The van der Waals surface area contributed by atoms with E-state index in [0.717, 1.165) is 36.8 Å². The van der Waals surface area contributed by atoms with Crippen molar-refractivity contribution in [2.24, 2.45) is 0 Å². The average molecular weight is 318 g/mol. The third kappa shape index (κ3) is 4.33. The van der Waals surface area contributed by atoms with Gasteiger partial charge >= 0.3 is 0 Å². The minimum Gasteiger partial charge on any atom is -0.394 e. The van der Waals surface area contributed by atoms with Gasteiger partial charge in [-0.2, -0.15) is 0 Å². The van der Waals surface area contributed by atoms with Gasteiger partial charge in [0.05, 0.1) is 12.1 Å². The molecule has 0 bridgehead atoms. The van der Waals surface area contributed by atoms with Crippen LogP contribution >= 0.6 is 0 Å². The average Bonchev–Trinajstić information content (AvgIpc) is 2.75. The van der Waals surface area contributed by atoms with E-state index < -0.39 is 5.54 Å². The number of rotatable bonds is 5. The summed E-state index contributed by atoms with van der Waals surface area (Å²) in [6, 6.07) is 7.68. The molecule has 1 amide bonds. The van der Waals surface area contributed by atoms with Gasteiger partial charge in [-0.05, 0) is 45.0 Å². The zero-order valence-corrected chi connectivity index (χ0v) is 14.6. The van der Waals surface area contributed by atoms with Crippen molar-refractivity contribution in [3.8, 4) is 0 Å².